The van der Waals surface area contributed by atoms with Gasteiger partial charge in [-0.25, -0.2) is 4.39 Å². The molecule has 1 aromatic heterocycles. The van der Waals surface area contributed by atoms with Crippen LogP contribution in [-0.4, -0.2) is 34.6 Å². The highest BCUT2D eigenvalue weighted by Crippen LogP contribution is 2.19. The molecule has 0 radical (unpaired) electrons. The minimum atomic E-state index is -0.349. The fourth-order valence-corrected chi connectivity index (χ4v) is 2.34. The molecule has 3 aromatic rings. The molecule has 0 saturated heterocycles. The van der Waals surface area contributed by atoms with Crippen LogP contribution in [0.5, 0.6) is 0 Å². The lowest BCUT2D eigenvalue weighted by atomic mass is 10.2. The van der Waals surface area contributed by atoms with E-state index in [-0.39, 0.29) is 30.2 Å². The van der Waals surface area contributed by atoms with E-state index in [9.17, 15) is 9.18 Å². The van der Waals surface area contributed by atoms with Gasteiger partial charge < -0.3 is 4.42 Å². The van der Waals surface area contributed by atoms with E-state index in [4.69, 9.17) is 4.42 Å². The number of benzene rings is 2. The number of nitrogens with one attached hydrogen (secondary N) is 1. The van der Waals surface area contributed by atoms with Crippen LogP contribution in [0, 0.1) is 5.82 Å². The van der Waals surface area contributed by atoms with E-state index in [0.717, 1.165) is 5.56 Å². The lowest BCUT2D eigenvalue weighted by Gasteiger charge is -2.15. The third-order valence-electron chi connectivity index (χ3n) is 3.47. The van der Waals surface area contributed by atoms with Crippen LogP contribution in [0.4, 0.5) is 10.4 Å². The van der Waals surface area contributed by atoms with Crippen molar-refractivity contribution in [1.82, 2.24) is 15.1 Å². The van der Waals surface area contributed by atoms with Gasteiger partial charge in [-0.3, -0.25) is 15.0 Å². The smallest absolute Gasteiger partial charge is 0.322 e. The van der Waals surface area contributed by atoms with Crippen molar-refractivity contribution in [3.63, 3.8) is 0 Å². The molecule has 0 aliphatic carbocycles. The standard InChI is InChI=1S/C18H17FN4O2/c1-23(11-13-5-3-2-4-6-13)12-16(24)20-18-22-21-17(25-18)14-7-9-15(19)10-8-14/h2-10H,11-12H2,1H3,(H,20,22,24). The summed E-state index contributed by atoms with van der Waals surface area (Å²) in [5.74, 6) is -0.390. The van der Waals surface area contributed by atoms with Crippen molar-refractivity contribution in [3.05, 3.63) is 66.0 Å². The Morgan fingerprint density at radius 2 is 1.84 bits per heavy atom. The van der Waals surface area contributed by atoms with Gasteiger partial charge in [-0.1, -0.05) is 35.4 Å². The third-order valence-corrected chi connectivity index (χ3v) is 3.47. The minimum Gasteiger partial charge on any atom is -0.403 e. The van der Waals surface area contributed by atoms with Crippen molar-refractivity contribution in [2.45, 2.75) is 6.54 Å². The van der Waals surface area contributed by atoms with Crippen molar-refractivity contribution < 1.29 is 13.6 Å². The monoisotopic (exact) mass is 340 g/mol. The molecule has 0 fully saturated rings. The van der Waals surface area contributed by atoms with Crippen molar-refractivity contribution in [3.8, 4) is 11.5 Å². The van der Waals surface area contributed by atoms with Crippen LogP contribution < -0.4 is 5.32 Å². The second-order valence-corrected chi connectivity index (χ2v) is 5.63. The highest BCUT2D eigenvalue weighted by molar-refractivity contribution is 5.90. The van der Waals surface area contributed by atoms with Crippen molar-refractivity contribution in [1.29, 1.82) is 0 Å². The number of carbonyl (C=O) groups excluding carboxylic acids is 1. The molecule has 3 rings (SSSR count). The van der Waals surface area contributed by atoms with E-state index in [0.29, 0.717) is 12.1 Å². The number of hydrogen-bond donors (Lipinski definition) is 1. The number of rotatable bonds is 6. The molecular formula is C18H17FN4O2. The lowest BCUT2D eigenvalue weighted by Crippen LogP contribution is -2.29. The number of likely N-dealkylation sites (N-methyl/N-ethyl adjacent to an activating group) is 1. The quantitative estimate of drug-likeness (QED) is 0.747. The molecule has 0 bridgehead atoms. The molecule has 0 atom stereocenters. The summed E-state index contributed by atoms with van der Waals surface area (Å²) in [7, 11) is 1.85. The maximum Gasteiger partial charge on any atom is 0.322 e. The van der Waals surface area contributed by atoms with Gasteiger partial charge in [-0.15, -0.1) is 5.10 Å². The first-order valence-electron chi connectivity index (χ1n) is 7.72. The first-order chi connectivity index (χ1) is 12.1. The number of carbonyl (C=O) groups is 1. The fraction of sp³-hybridized carbons (Fsp3) is 0.167. The largest absolute Gasteiger partial charge is 0.403 e. The number of aromatic nitrogens is 2. The van der Waals surface area contributed by atoms with Crippen LogP contribution in [0.15, 0.2) is 59.0 Å². The Kier molecular flexibility index (Phi) is 5.15. The summed E-state index contributed by atoms with van der Waals surface area (Å²) in [6.07, 6.45) is 0. The van der Waals surface area contributed by atoms with Crippen LogP contribution in [0.1, 0.15) is 5.56 Å². The van der Waals surface area contributed by atoms with E-state index in [1.165, 1.54) is 24.3 Å². The van der Waals surface area contributed by atoms with E-state index in [1.807, 2.05) is 42.3 Å². The van der Waals surface area contributed by atoms with Gasteiger partial charge in [-0.05, 0) is 36.9 Å². The molecule has 128 valence electrons. The Balaban J connectivity index is 1.55. The van der Waals surface area contributed by atoms with Gasteiger partial charge in [0.2, 0.25) is 11.8 Å². The highest BCUT2D eigenvalue weighted by atomic mass is 19.1. The van der Waals surface area contributed by atoms with Crippen LogP contribution in [0.2, 0.25) is 0 Å². The zero-order chi connectivity index (χ0) is 17.6. The van der Waals surface area contributed by atoms with Crippen LogP contribution in [0.25, 0.3) is 11.5 Å². The van der Waals surface area contributed by atoms with Crippen molar-refractivity contribution >= 4 is 11.9 Å². The number of anilines is 1. The summed E-state index contributed by atoms with van der Waals surface area (Å²) in [6, 6.07) is 15.5. The minimum absolute atomic E-state index is 0.0115. The molecule has 0 saturated carbocycles. The Bertz CT molecular complexity index is 834. The van der Waals surface area contributed by atoms with E-state index < -0.39 is 0 Å². The van der Waals surface area contributed by atoms with Crippen molar-refractivity contribution in [2.24, 2.45) is 0 Å². The van der Waals surface area contributed by atoms with E-state index in [1.54, 1.807) is 0 Å². The second kappa shape index (κ2) is 7.67. The number of amides is 1. The summed E-state index contributed by atoms with van der Waals surface area (Å²) in [5.41, 5.74) is 1.70. The average Bonchev–Trinajstić information content (AvgIpc) is 3.04. The predicted octanol–water partition coefficient (Wildman–Crippen LogP) is 2.95. The first kappa shape index (κ1) is 16.8. The Hall–Kier alpha value is -3.06. The molecule has 1 amide bonds. The third kappa shape index (κ3) is 4.71. The van der Waals surface area contributed by atoms with Gasteiger partial charge in [0.25, 0.3) is 0 Å². The summed E-state index contributed by atoms with van der Waals surface area (Å²) in [5, 5.41) is 10.2. The molecule has 2 aromatic carbocycles. The highest BCUT2D eigenvalue weighted by Gasteiger charge is 2.13. The lowest BCUT2D eigenvalue weighted by molar-refractivity contribution is -0.117. The van der Waals surface area contributed by atoms with Crippen LogP contribution >= 0.6 is 0 Å². The Labute approximate surface area is 144 Å². The van der Waals surface area contributed by atoms with Crippen LogP contribution in [-0.2, 0) is 11.3 Å². The first-order valence-corrected chi connectivity index (χ1v) is 7.72. The normalized spacial score (nSPS) is 10.8. The van der Waals surface area contributed by atoms with Gasteiger partial charge in [0.05, 0.1) is 6.54 Å². The molecular weight excluding hydrogens is 323 g/mol. The summed E-state index contributed by atoms with van der Waals surface area (Å²) >= 11 is 0. The van der Waals surface area contributed by atoms with Gasteiger partial charge >= 0.3 is 6.01 Å². The zero-order valence-corrected chi connectivity index (χ0v) is 13.6. The van der Waals surface area contributed by atoms with E-state index in [2.05, 4.69) is 15.5 Å². The molecule has 0 unspecified atom stereocenters. The van der Waals surface area contributed by atoms with Gasteiger partial charge in [0.15, 0.2) is 0 Å². The molecule has 0 spiro atoms. The average molecular weight is 340 g/mol. The number of nitrogens with zero attached hydrogens (tertiary/aromatic N) is 3. The second-order valence-electron chi connectivity index (χ2n) is 5.63. The predicted molar refractivity (Wildman–Crippen MR) is 91.1 cm³/mol. The Morgan fingerprint density at radius 3 is 2.56 bits per heavy atom. The summed E-state index contributed by atoms with van der Waals surface area (Å²) in [6.45, 7) is 0.835. The maximum atomic E-state index is 12.9. The topological polar surface area (TPSA) is 71.3 Å². The maximum absolute atomic E-state index is 12.9. The van der Waals surface area contributed by atoms with E-state index >= 15 is 0 Å². The van der Waals surface area contributed by atoms with Crippen LogP contribution in [0.3, 0.4) is 0 Å². The number of hydrogen-bond acceptors (Lipinski definition) is 5. The summed E-state index contributed by atoms with van der Waals surface area (Å²) in [4.78, 5) is 14.0. The SMILES string of the molecule is CN(CC(=O)Nc1nnc(-c2ccc(F)cc2)o1)Cc1ccccc1. The van der Waals surface area contributed by atoms with Gasteiger partial charge in [0, 0.05) is 12.1 Å². The molecule has 1 N–H and O–H groups in total. The summed E-state index contributed by atoms with van der Waals surface area (Å²) < 4.78 is 18.3. The molecule has 0 aliphatic heterocycles. The molecule has 0 aliphatic rings. The zero-order valence-electron chi connectivity index (χ0n) is 13.6. The molecule has 6 nitrogen and oxygen atoms in total. The van der Waals surface area contributed by atoms with Gasteiger partial charge in [0.1, 0.15) is 5.82 Å². The van der Waals surface area contributed by atoms with Crippen molar-refractivity contribution in [2.75, 3.05) is 18.9 Å². The molecule has 25 heavy (non-hydrogen) atoms. The number of halogens is 1. The fourth-order valence-electron chi connectivity index (χ4n) is 2.34. The molecule has 1 heterocycles. The van der Waals surface area contributed by atoms with Gasteiger partial charge in [-0.2, -0.15) is 0 Å². The molecule has 7 heteroatoms. The Morgan fingerprint density at radius 1 is 1.12 bits per heavy atom.